The van der Waals surface area contributed by atoms with Gasteiger partial charge in [-0.3, -0.25) is 4.98 Å². The van der Waals surface area contributed by atoms with Crippen LogP contribution >= 0.6 is 15.9 Å². The van der Waals surface area contributed by atoms with E-state index in [9.17, 15) is 0 Å². The van der Waals surface area contributed by atoms with E-state index in [0.717, 1.165) is 26.6 Å². The van der Waals surface area contributed by atoms with Gasteiger partial charge in [0.05, 0.1) is 24.5 Å². The third kappa shape index (κ3) is 2.97. The standard InChI is InChI=1S/C16H14BrN3O/c1-21-15-7-5-12(10-20-15)19-9-11-4-6-14(17)13-3-2-8-18-16(11)13/h2-8,10,19H,9H2,1H3. The van der Waals surface area contributed by atoms with Crippen LogP contribution in [0.25, 0.3) is 10.9 Å². The second kappa shape index (κ2) is 6.10. The average Bonchev–Trinajstić information content (AvgIpc) is 2.55. The third-order valence-corrected chi connectivity index (χ3v) is 3.92. The molecule has 3 rings (SSSR count). The predicted molar refractivity (Wildman–Crippen MR) is 87.6 cm³/mol. The van der Waals surface area contributed by atoms with Crippen molar-refractivity contribution in [3.8, 4) is 5.88 Å². The molecule has 1 N–H and O–H groups in total. The van der Waals surface area contributed by atoms with Gasteiger partial charge in [-0.25, -0.2) is 4.98 Å². The lowest BCUT2D eigenvalue weighted by atomic mass is 10.1. The molecule has 1 aromatic carbocycles. The Morgan fingerprint density at radius 3 is 2.81 bits per heavy atom. The Kier molecular flexibility index (Phi) is 4.01. The van der Waals surface area contributed by atoms with Crippen molar-refractivity contribution in [1.82, 2.24) is 9.97 Å². The van der Waals surface area contributed by atoms with E-state index in [1.54, 1.807) is 13.3 Å². The maximum atomic E-state index is 5.05. The van der Waals surface area contributed by atoms with Crippen LogP contribution in [0, 0.1) is 0 Å². The Morgan fingerprint density at radius 2 is 2.05 bits per heavy atom. The minimum Gasteiger partial charge on any atom is -0.481 e. The lowest BCUT2D eigenvalue weighted by Crippen LogP contribution is -2.01. The number of halogens is 1. The summed E-state index contributed by atoms with van der Waals surface area (Å²) in [7, 11) is 1.61. The van der Waals surface area contributed by atoms with Crippen molar-refractivity contribution in [3.63, 3.8) is 0 Å². The summed E-state index contributed by atoms with van der Waals surface area (Å²) in [6.07, 6.45) is 3.57. The molecule has 0 aliphatic rings. The van der Waals surface area contributed by atoms with E-state index in [4.69, 9.17) is 4.74 Å². The summed E-state index contributed by atoms with van der Waals surface area (Å²) in [6.45, 7) is 0.689. The molecule has 0 amide bonds. The fourth-order valence-corrected chi connectivity index (χ4v) is 2.59. The number of pyridine rings is 2. The van der Waals surface area contributed by atoms with Crippen molar-refractivity contribution in [1.29, 1.82) is 0 Å². The van der Waals surface area contributed by atoms with Gasteiger partial charge in [0.2, 0.25) is 5.88 Å². The highest BCUT2D eigenvalue weighted by Gasteiger charge is 2.05. The molecule has 5 heteroatoms. The van der Waals surface area contributed by atoms with Crippen LogP contribution in [0.15, 0.2) is 53.3 Å². The van der Waals surface area contributed by atoms with E-state index in [1.807, 2.05) is 30.5 Å². The van der Waals surface area contributed by atoms with Crippen molar-refractivity contribution in [2.24, 2.45) is 0 Å². The molecule has 2 heterocycles. The lowest BCUT2D eigenvalue weighted by Gasteiger charge is -2.10. The highest BCUT2D eigenvalue weighted by Crippen LogP contribution is 2.25. The molecular weight excluding hydrogens is 330 g/mol. The average molecular weight is 344 g/mol. The van der Waals surface area contributed by atoms with Gasteiger partial charge in [-0.05, 0) is 23.8 Å². The largest absolute Gasteiger partial charge is 0.481 e. The van der Waals surface area contributed by atoms with Crippen LogP contribution < -0.4 is 10.1 Å². The first-order valence-corrected chi connectivity index (χ1v) is 7.33. The Hall–Kier alpha value is -2.14. The van der Waals surface area contributed by atoms with Gasteiger partial charge in [0.25, 0.3) is 0 Å². The second-order valence-corrected chi connectivity index (χ2v) is 5.40. The number of nitrogens with zero attached hydrogens (tertiary/aromatic N) is 2. The van der Waals surface area contributed by atoms with Crippen LogP contribution in [0.4, 0.5) is 5.69 Å². The number of ether oxygens (including phenoxy) is 1. The second-order valence-electron chi connectivity index (χ2n) is 4.55. The van der Waals surface area contributed by atoms with Crippen molar-refractivity contribution in [2.45, 2.75) is 6.54 Å². The van der Waals surface area contributed by atoms with Crippen LogP contribution in [0.5, 0.6) is 5.88 Å². The minimum absolute atomic E-state index is 0.608. The number of fused-ring (bicyclic) bond motifs is 1. The molecule has 0 bridgehead atoms. The number of hydrogen-bond acceptors (Lipinski definition) is 4. The minimum atomic E-state index is 0.608. The van der Waals surface area contributed by atoms with Crippen molar-refractivity contribution in [2.75, 3.05) is 12.4 Å². The molecule has 0 saturated heterocycles. The summed E-state index contributed by atoms with van der Waals surface area (Å²) >= 11 is 3.56. The molecule has 0 saturated carbocycles. The zero-order chi connectivity index (χ0) is 14.7. The van der Waals surface area contributed by atoms with E-state index in [1.165, 1.54) is 0 Å². The molecule has 2 aromatic heterocycles. The number of nitrogens with one attached hydrogen (secondary N) is 1. The smallest absolute Gasteiger partial charge is 0.213 e. The Morgan fingerprint density at radius 1 is 1.14 bits per heavy atom. The van der Waals surface area contributed by atoms with Gasteiger partial charge >= 0.3 is 0 Å². The first-order valence-electron chi connectivity index (χ1n) is 6.54. The summed E-state index contributed by atoms with van der Waals surface area (Å²) in [6, 6.07) is 11.9. The fraction of sp³-hybridized carbons (Fsp3) is 0.125. The van der Waals surface area contributed by atoms with Crippen molar-refractivity contribution in [3.05, 3.63) is 58.8 Å². The van der Waals surface area contributed by atoms with E-state index in [0.29, 0.717) is 12.4 Å². The molecule has 106 valence electrons. The monoisotopic (exact) mass is 343 g/mol. The van der Waals surface area contributed by atoms with Gasteiger partial charge in [-0.15, -0.1) is 0 Å². The van der Waals surface area contributed by atoms with Crippen LogP contribution in [0.1, 0.15) is 5.56 Å². The molecule has 21 heavy (non-hydrogen) atoms. The number of methoxy groups -OCH3 is 1. The molecule has 0 atom stereocenters. The molecule has 0 unspecified atom stereocenters. The molecule has 4 nitrogen and oxygen atoms in total. The predicted octanol–water partition coefficient (Wildman–Crippen LogP) is 4.01. The first kappa shape index (κ1) is 13.8. The van der Waals surface area contributed by atoms with Gasteiger partial charge < -0.3 is 10.1 Å². The van der Waals surface area contributed by atoms with E-state index >= 15 is 0 Å². The highest BCUT2D eigenvalue weighted by atomic mass is 79.9. The number of benzene rings is 1. The molecule has 0 aliphatic heterocycles. The van der Waals surface area contributed by atoms with Gasteiger partial charge in [0, 0.05) is 28.7 Å². The Bertz CT molecular complexity index is 759. The van der Waals surface area contributed by atoms with Crippen LogP contribution in [0.2, 0.25) is 0 Å². The summed E-state index contributed by atoms with van der Waals surface area (Å²) in [5.74, 6) is 0.608. The maximum Gasteiger partial charge on any atom is 0.213 e. The Labute approximate surface area is 131 Å². The first-order chi connectivity index (χ1) is 10.3. The molecule has 0 spiro atoms. The van der Waals surface area contributed by atoms with E-state index in [-0.39, 0.29) is 0 Å². The van der Waals surface area contributed by atoms with E-state index < -0.39 is 0 Å². The maximum absolute atomic E-state index is 5.05. The molecule has 0 aliphatic carbocycles. The SMILES string of the molecule is COc1ccc(NCc2ccc(Br)c3cccnc23)cn1. The van der Waals surface area contributed by atoms with Crippen molar-refractivity contribution < 1.29 is 4.74 Å². The van der Waals surface area contributed by atoms with Crippen molar-refractivity contribution >= 4 is 32.5 Å². The van der Waals surface area contributed by atoms with Gasteiger partial charge in [-0.1, -0.05) is 28.1 Å². The molecule has 0 radical (unpaired) electrons. The fourth-order valence-electron chi connectivity index (χ4n) is 2.14. The topological polar surface area (TPSA) is 47.0 Å². The highest BCUT2D eigenvalue weighted by molar-refractivity contribution is 9.10. The van der Waals surface area contributed by atoms with Crippen LogP contribution in [-0.2, 0) is 6.54 Å². The third-order valence-electron chi connectivity index (χ3n) is 3.23. The quantitative estimate of drug-likeness (QED) is 0.777. The number of rotatable bonds is 4. The summed E-state index contributed by atoms with van der Waals surface area (Å²) in [5.41, 5.74) is 3.09. The molecule has 3 aromatic rings. The number of anilines is 1. The zero-order valence-electron chi connectivity index (χ0n) is 11.5. The summed E-state index contributed by atoms with van der Waals surface area (Å²) in [4.78, 5) is 8.65. The summed E-state index contributed by atoms with van der Waals surface area (Å²) in [5, 5.41) is 4.47. The van der Waals surface area contributed by atoms with Gasteiger partial charge in [0.1, 0.15) is 0 Å². The normalized spacial score (nSPS) is 10.6. The Balaban J connectivity index is 1.83. The number of aromatic nitrogens is 2. The van der Waals surface area contributed by atoms with Crippen LogP contribution in [0.3, 0.4) is 0 Å². The van der Waals surface area contributed by atoms with Gasteiger partial charge in [0.15, 0.2) is 0 Å². The zero-order valence-corrected chi connectivity index (χ0v) is 13.1. The van der Waals surface area contributed by atoms with Gasteiger partial charge in [-0.2, -0.15) is 0 Å². The number of hydrogen-bond donors (Lipinski definition) is 1. The molecule has 0 fully saturated rings. The van der Waals surface area contributed by atoms with Crippen LogP contribution in [-0.4, -0.2) is 17.1 Å². The van der Waals surface area contributed by atoms with E-state index in [2.05, 4.69) is 43.3 Å². The lowest BCUT2D eigenvalue weighted by molar-refractivity contribution is 0.398. The summed E-state index contributed by atoms with van der Waals surface area (Å²) < 4.78 is 6.10. The molecular formula is C16H14BrN3O.